The smallest absolute Gasteiger partial charge is 0.252 e. The van der Waals surface area contributed by atoms with Crippen LogP contribution in [0.4, 0.5) is 11.4 Å². The molecular formula is C17H20ClN3O2S. The Labute approximate surface area is 150 Å². The van der Waals surface area contributed by atoms with Gasteiger partial charge < -0.3 is 15.5 Å². The van der Waals surface area contributed by atoms with E-state index in [1.807, 2.05) is 30.4 Å². The van der Waals surface area contributed by atoms with E-state index in [1.165, 1.54) is 11.3 Å². The van der Waals surface area contributed by atoms with E-state index in [9.17, 15) is 9.59 Å². The number of nitrogens with zero attached hydrogens (tertiary/aromatic N) is 1. The first-order chi connectivity index (χ1) is 11.5. The fourth-order valence-electron chi connectivity index (χ4n) is 2.16. The number of anilines is 2. The zero-order chi connectivity index (χ0) is 17.5. The number of amides is 2. The second-order valence-corrected chi connectivity index (χ2v) is 6.69. The van der Waals surface area contributed by atoms with Crippen LogP contribution in [-0.4, -0.2) is 32.5 Å². The predicted octanol–water partition coefficient (Wildman–Crippen LogP) is 3.62. The summed E-state index contributed by atoms with van der Waals surface area (Å²) >= 11 is 7.48. The first kappa shape index (κ1) is 18.3. The number of halogens is 1. The van der Waals surface area contributed by atoms with Crippen LogP contribution in [-0.2, 0) is 4.79 Å². The van der Waals surface area contributed by atoms with Crippen molar-refractivity contribution in [2.24, 2.45) is 0 Å². The van der Waals surface area contributed by atoms with Gasteiger partial charge in [-0.2, -0.15) is 11.3 Å². The standard InChI is InChI=1S/C17H20ClN3O2S/c1-21(2)15-6-5-13(18)10-14(15)20-16(22)4-3-8-19-17(23)12-7-9-24-11-12/h5-7,9-11H,3-4,8H2,1-2H3,(H,19,23)(H,20,22). The highest BCUT2D eigenvalue weighted by atomic mass is 35.5. The summed E-state index contributed by atoms with van der Waals surface area (Å²) in [6, 6.07) is 7.15. The molecule has 0 bridgehead atoms. The summed E-state index contributed by atoms with van der Waals surface area (Å²) in [7, 11) is 3.80. The number of benzene rings is 1. The molecule has 0 radical (unpaired) electrons. The van der Waals surface area contributed by atoms with Crippen LogP contribution in [0.1, 0.15) is 23.2 Å². The Kier molecular flexibility index (Phi) is 6.63. The van der Waals surface area contributed by atoms with Gasteiger partial charge in [-0.05, 0) is 36.1 Å². The number of hydrogen-bond donors (Lipinski definition) is 2. The average Bonchev–Trinajstić information content (AvgIpc) is 3.05. The van der Waals surface area contributed by atoms with Gasteiger partial charge in [-0.3, -0.25) is 9.59 Å². The first-order valence-electron chi connectivity index (χ1n) is 7.54. The number of hydrogen-bond acceptors (Lipinski definition) is 4. The quantitative estimate of drug-likeness (QED) is 0.737. The molecule has 0 aliphatic rings. The molecule has 2 N–H and O–H groups in total. The number of thiophene rings is 1. The molecule has 7 heteroatoms. The second kappa shape index (κ2) is 8.70. The van der Waals surface area contributed by atoms with E-state index in [2.05, 4.69) is 10.6 Å². The van der Waals surface area contributed by atoms with Crippen LogP contribution in [0.3, 0.4) is 0 Å². The lowest BCUT2D eigenvalue weighted by molar-refractivity contribution is -0.116. The van der Waals surface area contributed by atoms with Crippen molar-refractivity contribution >= 4 is 46.1 Å². The third-order valence-electron chi connectivity index (χ3n) is 3.36. The average molecular weight is 366 g/mol. The molecule has 1 aromatic carbocycles. The van der Waals surface area contributed by atoms with Gasteiger partial charge in [-0.15, -0.1) is 0 Å². The maximum absolute atomic E-state index is 12.1. The van der Waals surface area contributed by atoms with Crippen molar-refractivity contribution < 1.29 is 9.59 Å². The summed E-state index contributed by atoms with van der Waals surface area (Å²) in [5, 5.41) is 9.89. The van der Waals surface area contributed by atoms with Crippen LogP contribution in [0.15, 0.2) is 35.0 Å². The maximum atomic E-state index is 12.1. The van der Waals surface area contributed by atoms with Gasteiger partial charge in [0.15, 0.2) is 0 Å². The van der Waals surface area contributed by atoms with Gasteiger partial charge in [0.25, 0.3) is 5.91 Å². The normalized spacial score (nSPS) is 10.3. The van der Waals surface area contributed by atoms with Crippen LogP contribution in [0.5, 0.6) is 0 Å². The summed E-state index contributed by atoms with van der Waals surface area (Å²) in [4.78, 5) is 25.8. The van der Waals surface area contributed by atoms with Crippen LogP contribution in [0, 0.1) is 0 Å². The van der Waals surface area contributed by atoms with Gasteiger partial charge in [0.2, 0.25) is 5.91 Å². The number of nitrogens with one attached hydrogen (secondary N) is 2. The molecule has 0 atom stereocenters. The molecule has 128 valence electrons. The Morgan fingerprint density at radius 3 is 2.71 bits per heavy atom. The minimum Gasteiger partial charge on any atom is -0.376 e. The summed E-state index contributed by atoms with van der Waals surface area (Å²) in [6.07, 6.45) is 0.892. The van der Waals surface area contributed by atoms with Gasteiger partial charge in [-0.25, -0.2) is 0 Å². The summed E-state index contributed by atoms with van der Waals surface area (Å²) in [6.45, 7) is 0.457. The number of carbonyl (C=O) groups excluding carboxylic acids is 2. The zero-order valence-corrected chi connectivity index (χ0v) is 15.2. The minimum absolute atomic E-state index is 0.106. The molecule has 0 saturated carbocycles. The molecule has 2 aromatic rings. The molecule has 0 aliphatic carbocycles. The monoisotopic (exact) mass is 365 g/mol. The van der Waals surface area contributed by atoms with E-state index in [0.717, 1.165) is 5.69 Å². The van der Waals surface area contributed by atoms with E-state index in [1.54, 1.807) is 23.6 Å². The number of rotatable bonds is 7. The fourth-order valence-corrected chi connectivity index (χ4v) is 2.97. The maximum Gasteiger partial charge on any atom is 0.252 e. The summed E-state index contributed by atoms with van der Waals surface area (Å²) in [5.74, 6) is -0.216. The molecule has 0 fully saturated rings. The Balaban J connectivity index is 1.79. The second-order valence-electron chi connectivity index (χ2n) is 5.48. The van der Waals surface area contributed by atoms with Gasteiger partial charge in [0, 0.05) is 43.0 Å². The molecule has 24 heavy (non-hydrogen) atoms. The molecule has 0 unspecified atom stereocenters. The van der Waals surface area contributed by atoms with Crippen molar-refractivity contribution in [3.63, 3.8) is 0 Å². The SMILES string of the molecule is CN(C)c1ccc(Cl)cc1NC(=O)CCCNC(=O)c1ccsc1. The lowest BCUT2D eigenvalue weighted by Crippen LogP contribution is -2.25. The van der Waals surface area contributed by atoms with Gasteiger partial charge in [-0.1, -0.05) is 11.6 Å². The van der Waals surface area contributed by atoms with Crippen molar-refractivity contribution in [2.75, 3.05) is 30.9 Å². The third kappa shape index (κ3) is 5.25. The summed E-state index contributed by atoms with van der Waals surface area (Å²) < 4.78 is 0. The fraction of sp³-hybridized carbons (Fsp3) is 0.294. The third-order valence-corrected chi connectivity index (χ3v) is 4.28. The molecule has 2 rings (SSSR count). The van der Waals surface area contributed by atoms with Crippen LogP contribution in [0.25, 0.3) is 0 Å². The van der Waals surface area contributed by atoms with Crippen molar-refractivity contribution in [2.45, 2.75) is 12.8 Å². The molecule has 2 amide bonds. The van der Waals surface area contributed by atoms with Gasteiger partial charge in [0.05, 0.1) is 11.4 Å². The predicted molar refractivity (Wildman–Crippen MR) is 100 cm³/mol. The highest BCUT2D eigenvalue weighted by Crippen LogP contribution is 2.27. The van der Waals surface area contributed by atoms with E-state index < -0.39 is 0 Å². The van der Waals surface area contributed by atoms with Gasteiger partial charge >= 0.3 is 0 Å². The molecule has 5 nitrogen and oxygen atoms in total. The van der Waals surface area contributed by atoms with Crippen LogP contribution >= 0.6 is 22.9 Å². The highest BCUT2D eigenvalue weighted by molar-refractivity contribution is 7.08. The lowest BCUT2D eigenvalue weighted by atomic mass is 10.2. The molecular weight excluding hydrogens is 346 g/mol. The summed E-state index contributed by atoms with van der Waals surface area (Å²) in [5.41, 5.74) is 2.22. The van der Waals surface area contributed by atoms with Crippen LogP contribution < -0.4 is 15.5 Å². The topological polar surface area (TPSA) is 61.4 Å². The van der Waals surface area contributed by atoms with Crippen molar-refractivity contribution in [1.82, 2.24) is 5.32 Å². The van der Waals surface area contributed by atoms with Crippen molar-refractivity contribution in [1.29, 1.82) is 0 Å². The largest absolute Gasteiger partial charge is 0.376 e. The molecule has 1 heterocycles. The molecule has 0 aliphatic heterocycles. The van der Waals surface area contributed by atoms with Crippen molar-refractivity contribution in [3.05, 3.63) is 45.6 Å². The lowest BCUT2D eigenvalue weighted by Gasteiger charge is -2.18. The zero-order valence-electron chi connectivity index (χ0n) is 13.6. The Morgan fingerprint density at radius 2 is 2.04 bits per heavy atom. The van der Waals surface area contributed by atoms with E-state index in [0.29, 0.717) is 35.7 Å². The van der Waals surface area contributed by atoms with E-state index >= 15 is 0 Å². The first-order valence-corrected chi connectivity index (χ1v) is 8.86. The number of carbonyl (C=O) groups is 2. The Bertz CT molecular complexity index is 702. The Morgan fingerprint density at radius 1 is 1.25 bits per heavy atom. The van der Waals surface area contributed by atoms with E-state index in [-0.39, 0.29) is 11.8 Å². The molecule has 0 saturated heterocycles. The Hall–Kier alpha value is -2.05. The van der Waals surface area contributed by atoms with Gasteiger partial charge in [0.1, 0.15) is 0 Å². The van der Waals surface area contributed by atoms with Crippen molar-refractivity contribution in [3.8, 4) is 0 Å². The molecule has 1 aromatic heterocycles. The van der Waals surface area contributed by atoms with E-state index in [4.69, 9.17) is 11.6 Å². The highest BCUT2D eigenvalue weighted by Gasteiger charge is 2.10. The van der Waals surface area contributed by atoms with Crippen LogP contribution in [0.2, 0.25) is 5.02 Å². The minimum atomic E-state index is -0.110. The molecule has 0 spiro atoms.